The monoisotopic (exact) mass is 276 g/mol. The Morgan fingerprint density at radius 2 is 2.30 bits per heavy atom. The molecule has 0 spiro atoms. The van der Waals surface area contributed by atoms with E-state index in [2.05, 4.69) is 11.8 Å². The van der Waals surface area contributed by atoms with Crippen LogP contribution in [0.1, 0.15) is 42.1 Å². The van der Waals surface area contributed by atoms with Crippen LogP contribution < -0.4 is 5.73 Å². The van der Waals surface area contributed by atoms with Crippen LogP contribution >= 0.6 is 0 Å². The number of methoxy groups -OCH3 is 1. The van der Waals surface area contributed by atoms with Crippen molar-refractivity contribution < 1.29 is 9.53 Å². The number of nitrogens with zero attached hydrogens (tertiary/aromatic N) is 1. The van der Waals surface area contributed by atoms with E-state index in [-0.39, 0.29) is 5.97 Å². The smallest absolute Gasteiger partial charge is 0.340 e. The number of nitrogens with two attached hydrogens (primary N) is 1. The molecule has 0 saturated carbocycles. The van der Waals surface area contributed by atoms with Gasteiger partial charge >= 0.3 is 5.97 Å². The van der Waals surface area contributed by atoms with Gasteiger partial charge in [0.2, 0.25) is 0 Å². The SMILES string of the molecule is CCCC1CCN(Cc2cccc(N)c2C(=O)OC)C1. The van der Waals surface area contributed by atoms with Gasteiger partial charge in [0.05, 0.1) is 12.7 Å². The fraction of sp³-hybridized carbons (Fsp3) is 0.562. The van der Waals surface area contributed by atoms with Gasteiger partial charge in [0.25, 0.3) is 0 Å². The second kappa shape index (κ2) is 6.75. The molecule has 1 saturated heterocycles. The lowest BCUT2D eigenvalue weighted by molar-refractivity contribution is 0.0599. The summed E-state index contributed by atoms with van der Waals surface area (Å²) in [4.78, 5) is 14.3. The van der Waals surface area contributed by atoms with E-state index in [1.807, 2.05) is 12.1 Å². The summed E-state index contributed by atoms with van der Waals surface area (Å²) in [6, 6.07) is 5.62. The molecule has 1 aromatic carbocycles. The third-order valence-electron chi connectivity index (χ3n) is 4.03. The summed E-state index contributed by atoms with van der Waals surface area (Å²) in [6.45, 7) is 5.22. The Bertz CT molecular complexity index is 474. The molecule has 1 atom stereocenters. The lowest BCUT2D eigenvalue weighted by Crippen LogP contribution is -2.22. The highest BCUT2D eigenvalue weighted by Crippen LogP contribution is 2.25. The van der Waals surface area contributed by atoms with Crippen molar-refractivity contribution in [3.05, 3.63) is 29.3 Å². The van der Waals surface area contributed by atoms with E-state index in [0.29, 0.717) is 11.3 Å². The van der Waals surface area contributed by atoms with E-state index in [1.54, 1.807) is 6.07 Å². The number of carbonyl (C=O) groups is 1. The summed E-state index contributed by atoms with van der Waals surface area (Å²) in [6.07, 6.45) is 3.78. The molecular formula is C16H24N2O2. The molecule has 0 aromatic heterocycles. The molecule has 0 amide bonds. The molecule has 2 N–H and O–H groups in total. The van der Waals surface area contributed by atoms with Crippen molar-refractivity contribution in [3.8, 4) is 0 Å². The molecule has 110 valence electrons. The van der Waals surface area contributed by atoms with Crippen LogP contribution in [0, 0.1) is 5.92 Å². The molecule has 4 nitrogen and oxygen atoms in total. The molecule has 1 aliphatic rings. The highest BCUT2D eigenvalue weighted by molar-refractivity contribution is 5.96. The molecule has 0 bridgehead atoms. The summed E-state index contributed by atoms with van der Waals surface area (Å²) >= 11 is 0. The van der Waals surface area contributed by atoms with Gasteiger partial charge in [0.1, 0.15) is 0 Å². The maximum absolute atomic E-state index is 11.9. The van der Waals surface area contributed by atoms with Crippen LogP contribution in [0.25, 0.3) is 0 Å². The molecule has 0 aliphatic carbocycles. The van der Waals surface area contributed by atoms with E-state index < -0.39 is 0 Å². The van der Waals surface area contributed by atoms with Crippen molar-refractivity contribution >= 4 is 11.7 Å². The van der Waals surface area contributed by atoms with Gasteiger partial charge in [0, 0.05) is 18.8 Å². The highest BCUT2D eigenvalue weighted by atomic mass is 16.5. The molecule has 4 heteroatoms. The summed E-state index contributed by atoms with van der Waals surface area (Å²) in [5.74, 6) is 0.449. The van der Waals surface area contributed by atoms with Gasteiger partial charge in [0.15, 0.2) is 0 Å². The lowest BCUT2D eigenvalue weighted by Gasteiger charge is -2.18. The number of hydrogen-bond acceptors (Lipinski definition) is 4. The minimum Gasteiger partial charge on any atom is -0.465 e. The number of likely N-dealkylation sites (tertiary alicyclic amines) is 1. The third-order valence-corrected chi connectivity index (χ3v) is 4.03. The van der Waals surface area contributed by atoms with Crippen molar-refractivity contribution in [2.75, 3.05) is 25.9 Å². The molecule has 0 radical (unpaired) electrons. The molecular weight excluding hydrogens is 252 g/mol. The molecule has 1 heterocycles. The van der Waals surface area contributed by atoms with E-state index in [9.17, 15) is 4.79 Å². The predicted octanol–water partition coefficient (Wildman–Crippen LogP) is 2.68. The molecule has 1 aliphatic heterocycles. The van der Waals surface area contributed by atoms with Crippen molar-refractivity contribution in [3.63, 3.8) is 0 Å². The first-order chi connectivity index (χ1) is 9.65. The fourth-order valence-electron chi connectivity index (χ4n) is 3.04. The summed E-state index contributed by atoms with van der Waals surface area (Å²) in [5, 5.41) is 0. The largest absolute Gasteiger partial charge is 0.465 e. The molecule has 20 heavy (non-hydrogen) atoms. The van der Waals surface area contributed by atoms with Gasteiger partial charge in [-0.05, 0) is 36.9 Å². The fourth-order valence-corrected chi connectivity index (χ4v) is 3.04. The number of esters is 1. The lowest BCUT2D eigenvalue weighted by atomic mass is 10.0. The second-order valence-electron chi connectivity index (χ2n) is 5.55. The number of nitrogen functional groups attached to an aromatic ring is 1. The average Bonchev–Trinajstić information content (AvgIpc) is 2.86. The summed E-state index contributed by atoms with van der Waals surface area (Å²) in [5.41, 5.74) is 7.92. The number of rotatable bonds is 5. The minimum atomic E-state index is -0.345. The maximum Gasteiger partial charge on any atom is 0.340 e. The van der Waals surface area contributed by atoms with Crippen LogP contribution in [0.15, 0.2) is 18.2 Å². The highest BCUT2D eigenvalue weighted by Gasteiger charge is 2.24. The second-order valence-corrected chi connectivity index (χ2v) is 5.55. The summed E-state index contributed by atoms with van der Waals surface area (Å²) < 4.78 is 4.84. The van der Waals surface area contributed by atoms with E-state index >= 15 is 0 Å². The van der Waals surface area contributed by atoms with Crippen LogP contribution in [-0.4, -0.2) is 31.1 Å². The Labute approximate surface area is 120 Å². The zero-order valence-electron chi connectivity index (χ0n) is 12.4. The minimum absolute atomic E-state index is 0.345. The van der Waals surface area contributed by atoms with E-state index in [1.165, 1.54) is 26.4 Å². The van der Waals surface area contributed by atoms with Crippen molar-refractivity contribution in [2.45, 2.75) is 32.7 Å². The number of hydrogen-bond donors (Lipinski definition) is 1. The van der Waals surface area contributed by atoms with Crippen LogP contribution in [0.4, 0.5) is 5.69 Å². The van der Waals surface area contributed by atoms with Crippen LogP contribution in [-0.2, 0) is 11.3 Å². The number of carbonyl (C=O) groups excluding carboxylic acids is 1. The number of benzene rings is 1. The van der Waals surface area contributed by atoms with Crippen molar-refractivity contribution in [1.29, 1.82) is 0 Å². The van der Waals surface area contributed by atoms with Crippen LogP contribution in [0.5, 0.6) is 0 Å². The third kappa shape index (κ3) is 3.31. The standard InChI is InChI=1S/C16H24N2O2/c1-3-5-12-8-9-18(10-12)11-13-6-4-7-14(17)15(13)16(19)20-2/h4,6-7,12H,3,5,8-11,17H2,1-2H3. The van der Waals surface area contributed by atoms with Gasteiger partial charge in [-0.2, -0.15) is 0 Å². The average molecular weight is 276 g/mol. The molecule has 1 aromatic rings. The van der Waals surface area contributed by atoms with Gasteiger partial charge in [-0.1, -0.05) is 25.5 Å². The first-order valence-electron chi connectivity index (χ1n) is 7.33. The zero-order chi connectivity index (χ0) is 14.5. The van der Waals surface area contributed by atoms with Gasteiger partial charge in [-0.15, -0.1) is 0 Å². The van der Waals surface area contributed by atoms with Crippen molar-refractivity contribution in [2.24, 2.45) is 5.92 Å². The zero-order valence-corrected chi connectivity index (χ0v) is 12.4. The van der Waals surface area contributed by atoms with E-state index in [0.717, 1.165) is 31.1 Å². The molecule has 2 rings (SSSR count). The molecule has 1 unspecified atom stereocenters. The maximum atomic E-state index is 11.9. The number of anilines is 1. The van der Waals surface area contributed by atoms with Crippen LogP contribution in [0.3, 0.4) is 0 Å². The van der Waals surface area contributed by atoms with Crippen LogP contribution in [0.2, 0.25) is 0 Å². The van der Waals surface area contributed by atoms with Gasteiger partial charge < -0.3 is 10.5 Å². The summed E-state index contributed by atoms with van der Waals surface area (Å²) in [7, 11) is 1.39. The Hall–Kier alpha value is -1.55. The quantitative estimate of drug-likeness (QED) is 0.663. The predicted molar refractivity (Wildman–Crippen MR) is 80.5 cm³/mol. The van der Waals surface area contributed by atoms with Gasteiger partial charge in [-0.25, -0.2) is 4.79 Å². The Balaban J connectivity index is 2.10. The Kier molecular flexibility index (Phi) is 5.01. The van der Waals surface area contributed by atoms with Crippen molar-refractivity contribution in [1.82, 2.24) is 4.90 Å². The Morgan fingerprint density at radius 3 is 3.00 bits per heavy atom. The van der Waals surface area contributed by atoms with E-state index in [4.69, 9.17) is 10.5 Å². The topological polar surface area (TPSA) is 55.6 Å². The number of ether oxygens (including phenoxy) is 1. The first-order valence-corrected chi connectivity index (χ1v) is 7.33. The van der Waals surface area contributed by atoms with Gasteiger partial charge in [-0.3, -0.25) is 4.90 Å². The normalized spacial score (nSPS) is 19.2. The molecule has 1 fully saturated rings. The Morgan fingerprint density at radius 1 is 1.50 bits per heavy atom. The first kappa shape index (κ1) is 14.9.